The fourth-order valence-corrected chi connectivity index (χ4v) is 4.95. The Hall–Kier alpha value is -1.89. The molecule has 1 atom stereocenters. The number of imidazole rings is 1. The molecule has 148 valence electrons. The molecule has 1 aromatic rings. The SMILES string of the molecule is CCc1nccn1CC(=O)N1CC[C@@]2(CCCN(C3CCOCC3)C2=O)C1. The molecule has 4 rings (SSSR count). The largest absolute Gasteiger partial charge is 0.381 e. The van der Waals surface area contributed by atoms with Crippen molar-refractivity contribution in [2.75, 3.05) is 32.8 Å². The number of hydrogen-bond acceptors (Lipinski definition) is 4. The molecule has 3 aliphatic rings. The summed E-state index contributed by atoms with van der Waals surface area (Å²) >= 11 is 0. The van der Waals surface area contributed by atoms with Gasteiger partial charge in [-0.2, -0.15) is 0 Å². The molecule has 0 bridgehead atoms. The summed E-state index contributed by atoms with van der Waals surface area (Å²) in [4.78, 5) is 34.5. The van der Waals surface area contributed by atoms with Crippen LogP contribution in [0, 0.1) is 5.41 Å². The third kappa shape index (κ3) is 3.49. The number of nitrogens with zero attached hydrogens (tertiary/aromatic N) is 4. The maximum atomic E-state index is 13.4. The van der Waals surface area contributed by atoms with Crippen molar-refractivity contribution in [3.63, 3.8) is 0 Å². The molecule has 0 aromatic carbocycles. The van der Waals surface area contributed by atoms with Gasteiger partial charge in [-0.1, -0.05) is 6.92 Å². The van der Waals surface area contributed by atoms with E-state index in [0.29, 0.717) is 25.7 Å². The molecule has 0 unspecified atom stereocenters. The van der Waals surface area contributed by atoms with Gasteiger partial charge in [-0.15, -0.1) is 0 Å². The van der Waals surface area contributed by atoms with E-state index in [1.54, 1.807) is 6.20 Å². The molecule has 3 fully saturated rings. The van der Waals surface area contributed by atoms with E-state index in [2.05, 4.69) is 9.88 Å². The van der Waals surface area contributed by atoms with Gasteiger partial charge in [0.25, 0.3) is 0 Å². The summed E-state index contributed by atoms with van der Waals surface area (Å²) in [6, 6.07) is 0.311. The van der Waals surface area contributed by atoms with Gasteiger partial charge in [0.1, 0.15) is 12.4 Å². The summed E-state index contributed by atoms with van der Waals surface area (Å²) in [5.41, 5.74) is -0.366. The summed E-state index contributed by atoms with van der Waals surface area (Å²) in [5.74, 6) is 1.29. The van der Waals surface area contributed by atoms with Gasteiger partial charge in [0.05, 0.1) is 5.41 Å². The standard InChI is InChI=1S/C20H30N4O3/c1-2-17-21-8-11-22(17)14-18(25)23-10-7-20(15-23)6-3-9-24(19(20)26)16-4-12-27-13-5-16/h8,11,16H,2-7,9-10,12-15H2,1H3/t20-/m0/s1. The molecule has 2 amide bonds. The Kier molecular flexibility index (Phi) is 5.21. The number of ether oxygens (including phenoxy) is 1. The maximum Gasteiger partial charge on any atom is 0.242 e. The molecule has 7 heteroatoms. The highest BCUT2D eigenvalue weighted by molar-refractivity contribution is 5.86. The second kappa shape index (κ2) is 7.62. The van der Waals surface area contributed by atoms with Crippen molar-refractivity contribution in [2.24, 2.45) is 5.41 Å². The normalized spacial score (nSPS) is 26.9. The molecule has 1 aromatic heterocycles. The van der Waals surface area contributed by atoms with Gasteiger partial charge in [0, 0.05) is 57.7 Å². The Morgan fingerprint density at radius 2 is 2.11 bits per heavy atom. The zero-order chi connectivity index (χ0) is 18.9. The Bertz CT molecular complexity index is 697. The van der Waals surface area contributed by atoms with Crippen LogP contribution in [-0.4, -0.2) is 70.1 Å². The van der Waals surface area contributed by atoms with Crippen molar-refractivity contribution in [1.82, 2.24) is 19.4 Å². The van der Waals surface area contributed by atoms with Crippen LogP contribution >= 0.6 is 0 Å². The third-order valence-electron chi connectivity index (χ3n) is 6.53. The van der Waals surface area contributed by atoms with Gasteiger partial charge >= 0.3 is 0 Å². The number of carbonyl (C=O) groups is 2. The fourth-order valence-electron chi connectivity index (χ4n) is 4.95. The first-order valence-electron chi connectivity index (χ1n) is 10.3. The highest BCUT2D eigenvalue weighted by Crippen LogP contribution is 2.41. The van der Waals surface area contributed by atoms with Crippen LogP contribution in [0.2, 0.25) is 0 Å². The highest BCUT2D eigenvalue weighted by Gasteiger charge is 2.50. The quantitative estimate of drug-likeness (QED) is 0.800. The molecule has 0 N–H and O–H groups in total. The lowest BCUT2D eigenvalue weighted by molar-refractivity contribution is -0.151. The average Bonchev–Trinajstić information content (AvgIpc) is 3.32. The third-order valence-corrected chi connectivity index (χ3v) is 6.53. The summed E-state index contributed by atoms with van der Waals surface area (Å²) in [7, 11) is 0. The van der Waals surface area contributed by atoms with Crippen LogP contribution in [0.25, 0.3) is 0 Å². The molecule has 1 spiro atoms. The topological polar surface area (TPSA) is 67.7 Å². The summed E-state index contributed by atoms with van der Waals surface area (Å²) in [5, 5.41) is 0. The van der Waals surface area contributed by atoms with Gasteiger partial charge in [0.15, 0.2) is 0 Å². The zero-order valence-electron chi connectivity index (χ0n) is 16.2. The number of aryl methyl sites for hydroxylation is 1. The Labute approximate surface area is 160 Å². The van der Waals surface area contributed by atoms with Crippen LogP contribution in [0.4, 0.5) is 0 Å². The predicted octanol–water partition coefficient (Wildman–Crippen LogP) is 1.47. The number of likely N-dealkylation sites (tertiary alicyclic amines) is 2. The van der Waals surface area contributed by atoms with E-state index in [1.165, 1.54) is 0 Å². The summed E-state index contributed by atoms with van der Waals surface area (Å²) < 4.78 is 7.38. The van der Waals surface area contributed by atoms with Gasteiger partial charge in [-0.25, -0.2) is 4.98 Å². The van der Waals surface area contributed by atoms with Gasteiger partial charge in [-0.05, 0) is 32.1 Å². The van der Waals surface area contributed by atoms with Crippen LogP contribution in [-0.2, 0) is 27.3 Å². The summed E-state index contributed by atoms with van der Waals surface area (Å²) in [6.45, 7) is 5.96. The Morgan fingerprint density at radius 1 is 1.30 bits per heavy atom. The first-order valence-corrected chi connectivity index (χ1v) is 10.3. The monoisotopic (exact) mass is 374 g/mol. The number of aromatic nitrogens is 2. The maximum absolute atomic E-state index is 13.4. The van der Waals surface area contributed by atoms with E-state index >= 15 is 0 Å². The van der Waals surface area contributed by atoms with Crippen LogP contribution in [0.15, 0.2) is 12.4 Å². The molecular weight excluding hydrogens is 344 g/mol. The molecule has 0 radical (unpaired) electrons. The van der Waals surface area contributed by atoms with E-state index < -0.39 is 0 Å². The van der Waals surface area contributed by atoms with Gasteiger partial charge in [-0.3, -0.25) is 9.59 Å². The number of carbonyl (C=O) groups excluding carboxylic acids is 2. The minimum absolute atomic E-state index is 0.0931. The molecule has 27 heavy (non-hydrogen) atoms. The number of piperidine rings is 1. The molecule has 0 aliphatic carbocycles. The lowest BCUT2D eigenvalue weighted by atomic mass is 9.77. The summed E-state index contributed by atoms with van der Waals surface area (Å²) in [6.07, 6.45) is 9.02. The smallest absolute Gasteiger partial charge is 0.242 e. The van der Waals surface area contributed by atoms with Crippen LogP contribution < -0.4 is 0 Å². The van der Waals surface area contributed by atoms with E-state index in [9.17, 15) is 9.59 Å². The first-order chi connectivity index (χ1) is 13.1. The Morgan fingerprint density at radius 3 is 2.89 bits per heavy atom. The van der Waals surface area contributed by atoms with E-state index in [0.717, 1.165) is 64.1 Å². The molecule has 4 heterocycles. The van der Waals surface area contributed by atoms with E-state index in [-0.39, 0.29) is 17.2 Å². The Balaban J connectivity index is 1.42. The van der Waals surface area contributed by atoms with Gasteiger partial charge < -0.3 is 19.1 Å². The fraction of sp³-hybridized carbons (Fsp3) is 0.750. The van der Waals surface area contributed by atoms with Gasteiger partial charge in [0.2, 0.25) is 11.8 Å². The van der Waals surface area contributed by atoms with Crippen LogP contribution in [0.3, 0.4) is 0 Å². The first kappa shape index (κ1) is 18.5. The lowest BCUT2D eigenvalue weighted by Gasteiger charge is -2.44. The van der Waals surface area contributed by atoms with Crippen molar-refractivity contribution in [3.05, 3.63) is 18.2 Å². The van der Waals surface area contributed by atoms with Crippen molar-refractivity contribution >= 4 is 11.8 Å². The molecular formula is C20H30N4O3. The number of hydrogen-bond donors (Lipinski definition) is 0. The molecule has 3 saturated heterocycles. The van der Waals surface area contributed by atoms with Crippen molar-refractivity contribution in [3.8, 4) is 0 Å². The zero-order valence-corrected chi connectivity index (χ0v) is 16.2. The molecule has 7 nitrogen and oxygen atoms in total. The van der Waals surface area contributed by atoms with E-state index in [1.807, 2.05) is 22.6 Å². The van der Waals surface area contributed by atoms with Crippen molar-refractivity contribution < 1.29 is 14.3 Å². The second-order valence-electron chi connectivity index (χ2n) is 8.12. The average molecular weight is 374 g/mol. The van der Waals surface area contributed by atoms with Crippen LogP contribution in [0.5, 0.6) is 0 Å². The minimum atomic E-state index is -0.366. The highest BCUT2D eigenvalue weighted by atomic mass is 16.5. The number of rotatable bonds is 4. The number of amides is 2. The lowest BCUT2D eigenvalue weighted by Crippen LogP contribution is -2.55. The molecule has 3 aliphatic heterocycles. The predicted molar refractivity (Wildman–Crippen MR) is 100 cm³/mol. The van der Waals surface area contributed by atoms with Crippen molar-refractivity contribution in [1.29, 1.82) is 0 Å². The molecule has 0 saturated carbocycles. The van der Waals surface area contributed by atoms with E-state index in [4.69, 9.17) is 4.74 Å². The second-order valence-corrected chi connectivity index (χ2v) is 8.12. The minimum Gasteiger partial charge on any atom is -0.381 e. The van der Waals surface area contributed by atoms with Crippen LogP contribution in [0.1, 0.15) is 44.9 Å². The van der Waals surface area contributed by atoms with Crippen molar-refractivity contribution in [2.45, 2.75) is 58.0 Å².